The first kappa shape index (κ1) is 10.1. The molecule has 0 saturated heterocycles. The number of nitrogens with zero attached hydrogens (tertiary/aromatic N) is 2. The van der Waals surface area contributed by atoms with Crippen molar-refractivity contribution in [2.45, 2.75) is 20.8 Å². The second-order valence-electron chi connectivity index (χ2n) is 4.52. The minimum Gasteiger partial charge on any atom is -0.318 e. The Morgan fingerprint density at radius 3 is 2.47 bits per heavy atom. The number of fused-ring (bicyclic) bond motifs is 3. The van der Waals surface area contributed by atoms with Crippen molar-refractivity contribution in [1.29, 1.82) is 0 Å². The van der Waals surface area contributed by atoms with Gasteiger partial charge in [0.25, 0.3) is 0 Å². The van der Waals surface area contributed by atoms with Gasteiger partial charge in [-0.05, 0) is 37.6 Å². The molecule has 3 aromatic rings. The highest BCUT2D eigenvalue weighted by Crippen LogP contribution is 2.22. The van der Waals surface area contributed by atoms with Crippen LogP contribution in [-0.4, -0.2) is 14.6 Å². The van der Waals surface area contributed by atoms with E-state index in [1.807, 2.05) is 23.7 Å². The molecule has 0 amide bonds. The van der Waals surface area contributed by atoms with E-state index in [0.29, 0.717) is 0 Å². The molecule has 0 radical (unpaired) electrons. The van der Waals surface area contributed by atoms with Crippen LogP contribution >= 0.6 is 0 Å². The third-order valence-electron chi connectivity index (χ3n) is 3.31. The summed E-state index contributed by atoms with van der Waals surface area (Å²) in [4.78, 5) is 11.7. The molecule has 86 valence electrons. The van der Waals surface area contributed by atoms with Gasteiger partial charge >= 0.3 is 0 Å². The summed E-state index contributed by atoms with van der Waals surface area (Å²) in [6.07, 6.45) is 3.96. The number of ketones is 1. The van der Waals surface area contributed by atoms with E-state index in [9.17, 15) is 4.79 Å². The normalized spacial score (nSPS) is 11.5. The molecule has 0 bridgehead atoms. The van der Waals surface area contributed by atoms with Crippen molar-refractivity contribution in [3.63, 3.8) is 0 Å². The Morgan fingerprint density at radius 2 is 1.76 bits per heavy atom. The third-order valence-corrected chi connectivity index (χ3v) is 3.31. The van der Waals surface area contributed by atoms with Crippen molar-refractivity contribution < 1.29 is 4.79 Å². The second-order valence-corrected chi connectivity index (χ2v) is 4.52. The van der Waals surface area contributed by atoms with Gasteiger partial charge in [0, 0.05) is 25.0 Å². The maximum atomic E-state index is 11.7. The standard InChI is InChI=1S/C14H14N2O/c1-9-8-13-12-5-4-10(2)15(12)6-7-16(13)14(9)11(3)17/h4-8H,1-3H3. The zero-order chi connectivity index (χ0) is 12.2. The number of carbonyl (C=O) groups is 1. The zero-order valence-electron chi connectivity index (χ0n) is 10.2. The maximum absolute atomic E-state index is 11.7. The van der Waals surface area contributed by atoms with Crippen molar-refractivity contribution in [2.75, 3.05) is 0 Å². The number of aryl methyl sites for hydroxylation is 2. The van der Waals surface area contributed by atoms with E-state index in [-0.39, 0.29) is 5.78 Å². The first-order chi connectivity index (χ1) is 8.09. The lowest BCUT2D eigenvalue weighted by atomic mass is 10.2. The quantitative estimate of drug-likeness (QED) is 0.586. The lowest BCUT2D eigenvalue weighted by Crippen LogP contribution is -2.01. The highest BCUT2D eigenvalue weighted by molar-refractivity contribution is 5.97. The highest BCUT2D eigenvalue weighted by Gasteiger charge is 2.13. The number of rotatable bonds is 1. The molecule has 17 heavy (non-hydrogen) atoms. The number of hydrogen-bond donors (Lipinski definition) is 0. The molecule has 3 heteroatoms. The number of hydrogen-bond acceptors (Lipinski definition) is 1. The molecule has 0 atom stereocenters. The first-order valence-electron chi connectivity index (χ1n) is 5.69. The predicted octanol–water partition coefficient (Wildman–Crippen LogP) is 3.01. The predicted molar refractivity (Wildman–Crippen MR) is 67.8 cm³/mol. The van der Waals surface area contributed by atoms with E-state index in [1.165, 1.54) is 5.69 Å². The van der Waals surface area contributed by atoms with Crippen molar-refractivity contribution in [2.24, 2.45) is 0 Å². The minimum absolute atomic E-state index is 0.107. The van der Waals surface area contributed by atoms with E-state index >= 15 is 0 Å². The molecule has 0 saturated carbocycles. The van der Waals surface area contributed by atoms with Gasteiger partial charge in [0.2, 0.25) is 0 Å². The Morgan fingerprint density at radius 1 is 1.06 bits per heavy atom. The molecule has 0 unspecified atom stereocenters. The molecule has 3 heterocycles. The van der Waals surface area contributed by atoms with Crippen LogP contribution in [0.25, 0.3) is 11.0 Å². The number of carbonyl (C=O) groups excluding carboxylic acids is 1. The average Bonchev–Trinajstić information content (AvgIpc) is 2.78. The highest BCUT2D eigenvalue weighted by atomic mass is 16.1. The van der Waals surface area contributed by atoms with Gasteiger partial charge in [0.1, 0.15) is 0 Å². The van der Waals surface area contributed by atoms with Crippen molar-refractivity contribution >= 4 is 16.8 Å². The van der Waals surface area contributed by atoms with Crippen LogP contribution in [-0.2, 0) is 0 Å². The van der Waals surface area contributed by atoms with Crippen LogP contribution in [0.2, 0.25) is 0 Å². The molecule has 0 N–H and O–H groups in total. The van der Waals surface area contributed by atoms with Crippen LogP contribution in [0.1, 0.15) is 28.7 Å². The van der Waals surface area contributed by atoms with Crippen molar-refractivity contribution in [1.82, 2.24) is 8.80 Å². The topological polar surface area (TPSA) is 25.9 Å². The van der Waals surface area contributed by atoms with E-state index in [0.717, 1.165) is 22.3 Å². The Labute approximate surface area is 99.3 Å². The van der Waals surface area contributed by atoms with Crippen LogP contribution in [0.5, 0.6) is 0 Å². The van der Waals surface area contributed by atoms with Crippen molar-refractivity contribution in [3.8, 4) is 0 Å². The summed E-state index contributed by atoms with van der Waals surface area (Å²) in [6.45, 7) is 5.67. The monoisotopic (exact) mass is 226 g/mol. The van der Waals surface area contributed by atoms with Gasteiger partial charge in [-0.25, -0.2) is 0 Å². The molecule has 3 aromatic heterocycles. The third kappa shape index (κ3) is 1.25. The first-order valence-corrected chi connectivity index (χ1v) is 5.69. The number of Topliss-reactive ketones (excluding diaryl/α,β-unsaturated/α-hetero) is 1. The summed E-state index contributed by atoms with van der Waals surface area (Å²) in [7, 11) is 0. The van der Waals surface area contributed by atoms with E-state index in [2.05, 4.69) is 29.5 Å². The van der Waals surface area contributed by atoms with Crippen LogP contribution in [0.3, 0.4) is 0 Å². The van der Waals surface area contributed by atoms with Crippen molar-refractivity contribution in [3.05, 3.63) is 47.5 Å². The summed E-state index contributed by atoms with van der Waals surface area (Å²) in [6, 6.07) is 6.25. The van der Waals surface area contributed by atoms with Gasteiger partial charge in [-0.1, -0.05) is 0 Å². The molecule has 3 rings (SSSR count). The molecule has 3 nitrogen and oxygen atoms in total. The Bertz CT molecular complexity index is 746. The summed E-state index contributed by atoms with van der Waals surface area (Å²) in [5.74, 6) is 0.107. The fourth-order valence-corrected chi connectivity index (χ4v) is 2.54. The van der Waals surface area contributed by atoms with Crippen LogP contribution in [0.4, 0.5) is 0 Å². The Balaban J connectivity index is 2.53. The van der Waals surface area contributed by atoms with Crippen LogP contribution < -0.4 is 0 Å². The average molecular weight is 226 g/mol. The number of aromatic nitrogens is 2. The SMILES string of the molecule is CC(=O)c1c(C)cc2c3ccc(C)n3ccn12. The van der Waals surface area contributed by atoms with E-state index < -0.39 is 0 Å². The molecule has 0 fully saturated rings. The van der Waals surface area contributed by atoms with Crippen LogP contribution in [0, 0.1) is 13.8 Å². The fourth-order valence-electron chi connectivity index (χ4n) is 2.54. The second kappa shape index (κ2) is 3.23. The molecule has 0 aliphatic carbocycles. The molecule has 0 spiro atoms. The fraction of sp³-hybridized carbons (Fsp3) is 0.214. The van der Waals surface area contributed by atoms with Crippen LogP contribution in [0.15, 0.2) is 30.6 Å². The molecular formula is C14H14N2O. The smallest absolute Gasteiger partial charge is 0.176 e. The lowest BCUT2D eigenvalue weighted by Gasteiger charge is -2.03. The summed E-state index contributed by atoms with van der Waals surface area (Å²) in [5.41, 5.74) is 5.24. The molecule has 0 aliphatic rings. The molecule has 0 aromatic carbocycles. The summed E-state index contributed by atoms with van der Waals surface area (Å²) in [5, 5.41) is 0. The maximum Gasteiger partial charge on any atom is 0.176 e. The lowest BCUT2D eigenvalue weighted by molar-refractivity contribution is 0.101. The van der Waals surface area contributed by atoms with Gasteiger partial charge in [0.15, 0.2) is 5.78 Å². The van der Waals surface area contributed by atoms with Gasteiger partial charge < -0.3 is 8.80 Å². The molecule has 0 aliphatic heterocycles. The molecular weight excluding hydrogens is 212 g/mol. The van der Waals surface area contributed by atoms with Gasteiger partial charge in [-0.3, -0.25) is 4.79 Å². The Kier molecular flexibility index (Phi) is 1.93. The summed E-state index contributed by atoms with van der Waals surface area (Å²) < 4.78 is 4.12. The van der Waals surface area contributed by atoms with Gasteiger partial charge in [-0.2, -0.15) is 0 Å². The summed E-state index contributed by atoms with van der Waals surface area (Å²) >= 11 is 0. The van der Waals surface area contributed by atoms with Gasteiger partial charge in [0.05, 0.1) is 16.7 Å². The zero-order valence-corrected chi connectivity index (χ0v) is 10.2. The largest absolute Gasteiger partial charge is 0.318 e. The van der Waals surface area contributed by atoms with E-state index in [4.69, 9.17) is 0 Å². The van der Waals surface area contributed by atoms with Gasteiger partial charge in [-0.15, -0.1) is 0 Å². The van der Waals surface area contributed by atoms with E-state index in [1.54, 1.807) is 6.92 Å². The Hall–Kier alpha value is -2.03. The minimum atomic E-state index is 0.107.